The van der Waals surface area contributed by atoms with Gasteiger partial charge >= 0.3 is 0 Å². The zero-order valence-corrected chi connectivity index (χ0v) is 9.91. The zero-order chi connectivity index (χ0) is 11.4. The summed E-state index contributed by atoms with van der Waals surface area (Å²) in [6.45, 7) is 1.01. The molecule has 0 aliphatic carbocycles. The van der Waals surface area contributed by atoms with Crippen molar-refractivity contribution in [1.29, 1.82) is 0 Å². The first-order valence-corrected chi connectivity index (χ1v) is 5.19. The molecule has 1 rings (SSSR count). The maximum Gasteiger partial charge on any atom is 0.142 e. The minimum Gasteiger partial charge on any atom is -0.392 e. The summed E-state index contributed by atoms with van der Waals surface area (Å²) in [7, 11) is 1.85. The highest BCUT2D eigenvalue weighted by Crippen LogP contribution is 2.20. The predicted octanol–water partition coefficient (Wildman–Crippen LogP) is 2.20. The van der Waals surface area contributed by atoms with Crippen molar-refractivity contribution < 1.29 is 4.39 Å². The number of nitrogens with two attached hydrogens (primary N) is 1. The number of halogens is 2. The van der Waals surface area contributed by atoms with Crippen LogP contribution in [-0.4, -0.2) is 23.5 Å². The summed E-state index contributed by atoms with van der Waals surface area (Å²) in [4.78, 5) is 2.29. The fraction of sp³-hybridized carbons (Fsp3) is 0.300. The van der Waals surface area contributed by atoms with E-state index in [2.05, 4.69) is 0 Å². The van der Waals surface area contributed by atoms with Crippen molar-refractivity contribution in [3.8, 4) is 0 Å². The van der Waals surface area contributed by atoms with Crippen molar-refractivity contribution in [1.82, 2.24) is 4.90 Å². The lowest BCUT2D eigenvalue weighted by atomic mass is 10.2. The van der Waals surface area contributed by atoms with Crippen LogP contribution in [0.2, 0.25) is 5.02 Å². The van der Waals surface area contributed by atoms with E-state index in [9.17, 15) is 4.39 Å². The van der Waals surface area contributed by atoms with Gasteiger partial charge in [-0.15, -0.1) is 0 Å². The van der Waals surface area contributed by atoms with Gasteiger partial charge in [0.1, 0.15) is 5.82 Å². The monoisotopic (exact) mass is 246 g/mol. The molecule has 0 fully saturated rings. The molecule has 0 aliphatic rings. The van der Waals surface area contributed by atoms with Crippen LogP contribution < -0.4 is 5.73 Å². The van der Waals surface area contributed by atoms with Crippen molar-refractivity contribution in [2.75, 3.05) is 13.6 Å². The quantitative estimate of drug-likeness (QED) is 0.826. The highest BCUT2D eigenvalue weighted by Gasteiger charge is 2.08. The first-order valence-electron chi connectivity index (χ1n) is 4.40. The Balaban J connectivity index is 2.72. The van der Waals surface area contributed by atoms with Crippen LogP contribution in [-0.2, 0) is 6.54 Å². The van der Waals surface area contributed by atoms with Crippen molar-refractivity contribution >= 4 is 28.8 Å². The molecule has 0 unspecified atom stereocenters. The molecule has 0 amide bonds. The van der Waals surface area contributed by atoms with Gasteiger partial charge in [-0.3, -0.25) is 4.90 Å². The third kappa shape index (κ3) is 3.74. The average Bonchev–Trinajstić information content (AvgIpc) is 2.11. The number of likely N-dealkylation sites (N-methyl/N-ethyl adjacent to an activating group) is 1. The van der Waals surface area contributed by atoms with Gasteiger partial charge in [0.15, 0.2) is 0 Å². The molecular formula is C10H12ClFN2S. The summed E-state index contributed by atoms with van der Waals surface area (Å²) in [5.74, 6) is -0.405. The van der Waals surface area contributed by atoms with Crippen LogP contribution in [0.5, 0.6) is 0 Å². The van der Waals surface area contributed by atoms with Gasteiger partial charge in [0.2, 0.25) is 0 Å². The summed E-state index contributed by atoms with van der Waals surface area (Å²) < 4.78 is 13.1. The Bertz CT molecular complexity index is 370. The Morgan fingerprint density at radius 3 is 2.87 bits per heavy atom. The van der Waals surface area contributed by atoms with E-state index in [1.54, 1.807) is 12.1 Å². The molecule has 1 aromatic carbocycles. The Morgan fingerprint density at radius 1 is 1.60 bits per heavy atom. The Hall–Kier alpha value is -0.710. The largest absolute Gasteiger partial charge is 0.392 e. The maximum atomic E-state index is 13.1. The number of rotatable bonds is 4. The number of hydrogen-bond acceptors (Lipinski definition) is 2. The SMILES string of the molecule is CN(CC(N)=S)Cc1cccc(F)c1Cl. The number of benzene rings is 1. The van der Waals surface area contributed by atoms with Crippen LogP contribution in [0, 0.1) is 5.82 Å². The minimum atomic E-state index is -0.405. The van der Waals surface area contributed by atoms with E-state index in [1.807, 2.05) is 11.9 Å². The van der Waals surface area contributed by atoms with Gasteiger partial charge in [-0.1, -0.05) is 36.0 Å². The van der Waals surface area contributed by atoms with E-state index in [-0.39, 0.29) is 5.02 Å². The zero-order valence-electron chi connectivity index (χ0n) is 8.34. The van der Waals surface area contributed by atoms with Crippen molar-refractivity contribution in [3.05, 3.63) is 34.6 Å². The van der Waals surface area contributed by atoms with Gasteiger partial charge in [-0.05, 0) is 18.7 Å². The predicted molar refractivity (Wildman–Crippen MR) is 64.5 cm³/mol. The molecule has 0 radical (unpaired) electrons. The summed E-state index contributed by atoms with van der Waals surface area (Å²) in [6.07, 6.45) is 0. The van der Waals surface area contributed by atoms with Crippen LogP contribution in [0.25, 0.3) is 0 Å². The molecule has 0 atom stereocenters. The standard InChI is InChI=1S/C10H12ClFN2S/c1-14(6-9(13)15)5-7-3-2-4-8(12)10(7)11/h2-4H,5-6H2,1H3,(H2,13,15). The summed E-state index contributed by atoms with van der Waals surface area (Å²) in [6, 6.07) is 4.74. The van der Waals surface area contributed by atoms with Gasteiger partial charge in [-0.25, -0.2) is 4.39 Å². The van der Waals surface area contributed by atoms with Crippen molar-refractivity contribution in [2.45, 2.75) is 6.54 Å². The highest BCUT2D eigenvalue weighted by atomic mass is 35.5. The lowest BCUT2D eigenvalue weighted by Gasteiger charge is -2.16. The number of thiocarbonyl (C=S) groups is 1. The van der Waals surface area contributed by atoms with Gasteiger partial charge in [0, 0.05) is 13.1 Å². The molecule has 0 aromatic heterocycles. The second-order valence-corrected chi connectivity index (χ2v) is 4.25. The smallest absolute Gasteiger partial charge is 0.142 e. The minimum absolute atomic E-state index is 0.160. The third-order valence-corrected chi connectivity index (χ3v) is 2.45. The van der Waals surface area contributed by atoms with E-state index in [4.69, 9.17) is 29.6 Å². The normalized spacial score (nSPS) is 10.7. The van der Waals surface area contributed by atoms with E-state index >= 15 is 0 Å². The molecular weight excluding hydrogens is 235 g/mol. The lowest BCUT2D eigenvalue weighted by Crippen LogP contribution is -2.29. The van der Waals surface area contributed by atoms with Crippen LogP contribution in [0.4, 0.5) is 4.39 Å². The first kappa shape index (κ1) is 12.4. The van der Waals surface area contributed by atoms with E-state index < -0.39 is 5.82 Å². The molecule has 0 aliphatic heterocycles. The molecule has 1 aromatic rings. The fourth-order valence-electron chi connectivity index (χ4n) is 1.28. The van der Waals surface area contributed by atoms with Crippen LogP contribution in [0.15, 0.2) is 18.2 Å². The lowest BCUT2D eigenvalue weighted by molar-refractivity contribution is 0.374. The summed E-state index contributed by atoms with van der Waals surface area (Å²) in [5, 5.41) is 0.160. The van der Waals surface area contributed by atoms with Crippen molar-refractivity contribution in [3.63, 3.8) is 0 Å². The van der Waals surface area contributed by atoms with E-state index in [0.717, 1.165) is 5.56 Å². The molecule has 2 N–H and O–H groups in total. The maximum absolute atomic E-state index is 13.1. The summed E-state index contributed by atoms with van der Waals surface area (Å²) >= 11 is 10.6. The Kier molecular flexibility index (Phi) is 4.45. The Labute approximate surface area is 98.8 Å². The molecule has 82 valence electrons. The van der Waals surface area contributed by atoms with Crippen LogP contribution in [0.3, 0.4) is 0 Å². The van der Waals surface area contributed by atoms with Gasteiger partial charge in [0.25, 0.3) is 0 Å². The second-order valence-electron chi connectivity index (χ2n) is 3.35. The van der Waals surface area contributed by atoms with Gasteiger partial charge < -0.3 is 5.73 Å². The van der Waals surface area contributed by atoms with E-state index in [1.165, 1.54) is 6.07 Å². The third-order valence-electron chi connectivity index (χ3n) is 1.90. The Morgan fingerprint density at radius 2 is 2.27 bits per heavy atom. The van der Waals surface area contributed by atoms with Gasteiger partial charge in [0.05, 0.1) is 10.0 Å². The van der Waals surface area contributed by atoms with Crippen molar-refractivity contribution in [2.24, 2.45) is 5.73 Å². The molecule has 5 heteroatoms. The fourth-order valence-corrected chi connectivity index (χ4v) is 1.69. The summed E-state index contributed by atoms with van der Waals surface area (Å²) in [5.41, 5.74) is 6.13. The molecule has 0 spiro atoms. The number of hydrogen-bond donors (Lipinski definition) is 1. The number of nitrogens with zero attached hydrogens (tertiary/aromatic N) is 1. The molecule has 0 saturated carbocycles. The molecule has 15 heavy (non-hydrogen) atoms. The first-order chi connectivity index (χ1) is 7.00. The van der Waals surface area contributed by atoms with Gasteiger partial charge in [-0.2, -0.15) is 0 Å². The molecule has 0 heterocycles. The van der Waals surface area contributed by atoms with Crippen LogP contribution >= 0.6 is 23.8 Å². The molecule has 2 nitrogen and oxygen atoms in total. The average molecular weight is 247 g/mol. The van der Waals surface area contributed by atoms with E-state index in [0.29, 0.717) is 18.1 Å². The topological polar surface area (TPSA) is 29.3 Å². The molecule has 0 saturated heterocycles. The molecule has 0 bridgehead atoms. The highest BCUT2D eigenvalue weighted by molar-refractivity contribution is 7.80. The second kappa shape index (κ2) is 5.39. The van der Waals surface area contributed by atoms with Crippen LogP contribution in [0.1, 0.15) is 5.56 Å².